The first-order valence-electron chi connectivity index (χ1n) is 5.90. The van der Waals surface area contributed by atoms with Gasteiger partial charge in [-0.3, -0.25) is 4.72 Å². The minimum atomic E-state index is -3.22. The van der Waals surface area contributed by atoms with Crippen LogP contribution in [0, 0.1) is 0 Å². The fourth-order valence-electron chi connectivity index (χ4n) is 1.67. The SMILES string of the molecule is CCOc1ccc(NS(=O)(=O)C2CC2)cc1CCl. The van der Waals surface area contributed by atoms with E-state index in [1.807, 2.05) is 6.92 Å². The van der Waals surface area contributed by atoms with Gasteiger partial charge in [-0.25, -0.2) is 8.42 Å². The first-order valence-corrected chi connectivity index (χ1v) is 7.98. The minimum Gasteiger partial charge on any atom is -0.494 e. The molecule has 0 radical (unpaired) electrons. The zero-order valence-corrected chi connectivity index (χ0v) is 11.7. The van der Waals surface area contributed by atoms with E-state index >= 15 is 0 Å². The molecule has 1 saturated carbocycles. The summed E-state index contributed by atoms with van der Waals surface area (Å²) < 4.78 is 31.6. The molecule has 1 aromatic carbocycles. The van der Waals surface area contributed by atoms with E-state index < -0.39 is 10.0 Å². The molecule has 0 saturated heterocycles. The molecule has 1 fully saturated rings. The van der Waals surface area contributed by atoms with Crippen molar-refractivity contribution >= 4 is 27.3 Å². The maximum absolute atomic E-state index is 11.8. The Hall–Kier alpha value is -0.940. The van der Waals surface area contributed by atoms with E-state index in [2.05, 4.69) is 4.72 Å². The molecule has 1 N–H and O–H groups in total. The lowest BCUT2D eigenvalue weighted by atomic mass is 10.2. The molecule has 1 aromatic rings. The number of alkyl halides is 1. The number of hydrogen-bond donors (Lipinski definition) is 1. The van der Waals surface area contributed by atoms with E-state index in [0.717, 1.165) is 18.4 Å². The fraction of sp³-hybridized carbons (Fsp3) is 0.500. The van der Waals surface area contributed by atoms with Crippen molar-refractivity contribution in [3.63, 3.8) is 0 Å². The molecule has 18 heavy (non-hydrogen) atoms. The number of benzene rings is 1. The highest BCUT2D eigenvalue weighted by atomic mass is 35.5. The summed E-state index contributed by atoms with van der Waals surface area (Å²) >= 11 is 5.83. The number of sulfonamides is 1. The standard InChI is InChI=1S/C12H16ClNO3S/c1-2-17-12-6-3-10(7-9(12)8-13)14-18(15,16)11-4-5-11/h3,6-7,11,14H,2,4-5,8H2,1H3. The van der Waals surface area contributed by atoms with E-state index in [-0.39, 0.29) is 11.1 Å². The van der Waals surface area contributed by atoms with Crippen molar-refractivity contribution in [1.29, 1.82) is 0 Å². The van der Waals surface area contributed by atoms with Crippen LogP contribution in [-0.4, -0.2) is 20.3 Å². The maximum atomic E-state index is 11.8. The number of nitrogens with one attached hydrogen (secondary N) is 1. The van der Waals surface area contributed by atoms with Crippen LogP contribution in [0.3, 0.4) is 0 Å². The van der Waals surface area contributed by atoms with Gasteiger partial charge in [0, 0.05) is 11.3 Å². The van der Waals surface area contributed by atoms with Crippen LogP contribution in [0.25, 0.3) is 0 Å². The van der Waals surface area contributed by atoms with Gasteiger partial charge in [-0.15, -0.1) is 11.6 Å². The van der Waals surface area contributed by atoms with Crippen molar-refractivity contribution in [2.24, 2.45) is 0 Å². The van der Waals surface area contributed by atoms with Crippen molar-refractivity contribution in [1.82, 2.24) is 0 Å². The highest BCUT2D eigenvalue weighted by Gasteiger charge is 2.35. The van der Waals surface area contributed by atoms with Crippen LogP contribution < -0.4 is 9.46 Å². The lowest BCUT2D eigenvalue weighted by Crippen LogP contribution is -2.17. The van der Waals surface area contributed by atoms with Crippen LogP contribution in [0.1, 0.15) is 25.3 Å². The molecule has 0 spiro atoms. The van der Waals surface area contributed by atoms with Gasteiger partial charge >= 0.3 is 0 Å². The van der Waals surface area contributed by atoms with Crippen molar-refractivity contribution in [3.05, 3.63) is 23.8 Å². The molecule has 1 aliphatic rings. The first-order chi connectivity index (χ1) is 8.56. The van der Waals surface area contributed by atoms with Crippen molar-refractivity contribution in [3.8, 4) is 5.75 Å². The van der Waals surface area contributed by atoms with Gasteiger partial charge in [0.1, 0.15) is 5.75 Å². The van der Waals surface area contributed by atoms with Gasteiger partial charge in [0.05, 0.1) is 17.7 Å². The second kappa shape index (κ2) is 5.36. The van der Waals surface area contributed by atoms with Crippen LogP contribution in [0.4, 0.5) is 5.69 Å². The predicted octanol–water partition coefficient (Wildman–Crippen LogP) is 2.73. The third-order valence-corrected chi connectivity index (χ3v) is 4.88. The minimum absolute atomic E-state index is 0.233. The third kappa shape index (κ3) is 3.09. The largest absolute Gasteiger partial charge is 0.494 e. The number of halogens is 1. The zero-order valence-electron chi connectivity index (χ0n) is 10.1. The van der Waals surface area contributed by atoms with E-state index in [1.165, 1.54) is 0 Å². The smallest absolute Gasteiger partial charge is 0.235 e. The quantitative estimate of drug-likeness (QED) is 0.819. The fourth-order valence-corrected chi connectivity index (χ4v) is 3.26. The second-order valence-corrected chi connectivity index (χ2v) is 6.46. The van der Waals surface area contributed by atoms with Crippen molar-refractivity contribution in [2.75, 3.05) is 11.3 Å². The number of ether oxygens (including phenoxy) is 1. The monoisotopic (exact) mass is 289 g/mol. The van der Waals surface area contributed by atoms with Gasteiger partial charge < -0.3 is 4.74 Å². The third-order valence-electron chi connectivity index (χ3n) is 2.73. The molecule has 0 aromatic heterocycles. The Kier molecular flexibility index (Phi) is 4.02. The average molecular weight is 290 g/mol. The molecule has 1 aliphatic carbocycles. The molecule has 4 nitrogen and oxygen atoms in total. The summed E-state index contributed by atoms with van der Waals surface area (Å²) in [6.45, 7) is 2.44. The Morgan fingerprint density at radius 2 is 2.17 bits per heavy atom. The van der Waals surface area contributed by atoms with Crippen LogP contribution in [0.2, 0.25) is 0 Å². The number of rotatable bonds is 6. The summed E-state index contributed by atoms with van der Waals surface area (Å²) in [5.74, 6) is 0.982. The first kappa shape index (κ1) is 13.5. The van der Waals surface area contributed by atoms with E-state index in [0.29, 0.717) is 18.0 Å². The van der Waals surface area contributed by atoms with Crippen molar-refractivity contribution in [2.45, 2.75) is 30.9 Å². The van der Waals surface area contributed by atoms with E-state index in [4.69, 9.17) is 16.3 Å². The van der Waals surface area contributed by atoms with Crippen LogP contribution >= 0.6 is 11.6 Å². The Bertz CT molecular complexity index is 526. The zero-order chi connectivity index (χ0) is 13.2. The van der Waals surface area contributed by atoms with Crippen LogP contribution in [-0.2, 0) is 15.9 Å². The van der Waals surface area contributed by atoms with Gasteiger partial charge in [-0.2, -0.15) is 0 Å². The molecule has 0 unspecified atom stereocenters. The highest BCUT2D eigenvalue weighted by molar-refractivity contribution is 7.93. The summed E-state index contributed by atoms with van der Waals surface area (Å²) in [6, 6.07) is 5.16. The lowest BCUT2D eigenvalue weighted by molar-refractivity contribution is 0.337. The Morgan fingerprint density at radius 1 is 1.44 bits per heavy atom. The summed E-state index contributed by atoms with van der Waals surface area (Å²) in [5.41, 5.74) is 1.33. The van der Waals surface area contributed by atoms with Crippen molar-refractivity contribution < 1.29 is 13.2 Å². The molecule has 2 rings (SSSR count). The Morgan fingerprint density at radius 3 is 2.72 bits per heavy atom. The summed E-state index contributed by atoms with van der Waals surface area (Å²) in [4.78, 5) is 0. The topological polar surface area (TPSA) is 55.4 Å². The summed E-state index contributed by atoms with van der Waals surface area (Å²) in [6.07, 6.45) is 1.49. The molecule has 0 heterocycles. The molecular formula is C12H16ClNO3S. The normalized spacial score (nSPS) is 15.4. The van der Waals surface area contributed by atoms with Gasteiger partial charge in [0.2, 0.25) is 10.0 Å². The number of hydrogen-bond acceptors (Lipinski definition) is 3. The molecule has 0 bridgehead atoms. The lowest BCUT2D eigenvalue weighted by Gasteiger charge is -2.12. The van der Waals surface area contributed by atoms with E-state index in [9.17, 15) is 8.42 Å². The molecule has 0 amide bonds. The van der Waals surface area contributed by atoms with Crippen LogP contribution in [0.5, 0.6) is 5.75 Å². The van der Waals surface area contributed by atoms with E-state index in [1.54, 1.807) is 18.2 Å². The Labute approximate surface area is 112 Å². The van der Waals surface area contributed by atoms with Gasteiger partial charge in [-0.05, 0) is 38.0 Å². The number of anilines is 1. The Balaban J connectivity index is 2.19. The summed E-state index contributed by atoms with van der Waals surface area (Å²) in [7, 11) is -3.22. The second-order valence-electron chi connectivity index (χ2n) is 4.24. The molecular weight excluding hydrogens is 274 g/mol. The van der Waals surface area contributed by atoms with Crippen LogP contribution in [0.15, 0.2) is 18.2 Å². The van der Waals surface area contributed by atoms with Gasteiger partial charge in [-0.1, -0.05) is 0 Å². The summed E-state index contributed by atoms with van der Waals surface area (Å²) in [5, 5.41) is -0.233. The predicted molar refractivity (Wildman–Crippen MR) is 72.7 cm³/mol. The highest BCUT2D eigenvalue weighted by Crippen LogP contribution is 2.31. The molecule has 6 heteroatoms. The molecule has 100 valence electrons. The van der Waals surface area contributed by atoms with Gasteiger partial charge in [0.25, 0.3) is 0 Å². The average Bonchev–Trinajstić information content (AvgIpc) is 3.15. The maximum Gasteiger partial charge on any atom is 0.235 e. The molecule has 0 atom stereocenters. The molecule has 0 aliphatic heterocycles. The van der Waals surface area contributed by atoms with Gasteiger partial charge in [0.15, 0.2) is 0 Å².